The normalized spacial score (nSPS) is 11.5. The predicted molar refractivity (Wildman–Crippen MR) is 216 cm³/mol. The van der Waals surface area contributed by atoms with Crippen molar-refractivity contribution in [1.29, 1.82) is 0 Å². The molecule has 2 heterocycles. The van der Waals surface area contributed by atoms with Crippen LogP contribution in [0.5, 0.6) is 0 Å². The fourth-order valence-corrected chi connectivity index (χ4v) is 7.66. The number of aromatic nitrogens is 2. The van der Waals surface area contributed by atoms with Crippen molar-refractivity contribution in [3.8, 4) is 61.6 Å². The van der Waals surface area contributed by atoms with Crippen LogP contribution < -0.4 is 0 Å². The number of rotatable bonds is 6. The molecule has 0 aliphatic carbocycles. The van der Waals surface area contributed by atoms with E-state index in [-0.39, 0.29) is 0 Å². The predicted octanol–water partition coefficient (Wildman–Crippen LogP) is 13.3. The molecule has 244 valence electrons. The lowest BCUT2D eigenvalue weighted by Gasteiger charge is -2.16. The van der Waals surface area contributed by atoms with Crippen LogP contribution in [0.15, 0.2) is 199 Å². The molecule has 0 aliphatic heterocycles. The fourth-order valence-electron chi connectivity index (χ4n) is 7.66. The first-order valence-electron chi connectivity index (χ1n) is 17.6. The van der Waals surface area contributed by atoms with Crippen LogP contribution in [0.25, 0.3) is 94.6 Å². The van der Waals surface area contributed by atoms with E-state index in [1.54, 1.807) is 0 Å². The smallest absolute Gasteiger partial charge is 0.227 e. The van der Waals surface area contributed by atoms with Crippen molar-refractivity contribution in [2.75, 3.05) is 0 Å². The van der Waals surface area contributed by atoms with Gasteiger partial charge in [-0.25, -0.2) is 4.98 Å². The highest BCUT2D eigenvalue weighted by molar-refractivity contribution is 6.11. The molecule has 0 amide bonds. The van der Waals surface area contributed by atoms with Crippen molar-refractivity contribution < 1.29 is 4.42 Å². The van der Waals surface area contributed by atoms with Crippen LogP contribution in [0.3, 0.4) is 0 Å². The zero-order chi connectivity index (χ0) is 34.4. The second kappa shape index (κ2) is 12.4. The third-order valence-corrected chi connectivity index (χ3v) is 10.1. The van der Waals surface area contributed by atoms with Crippen LogP contribution in [-0.2, 0) is 0 Å². The molecule has 0 saturated heterocycles. The molecule has 8 aromatic carbocycles. The van der Waals surface area contributed by atoms with Gasteiger partial charge in [0.15, 0.2) is 5.58 Å². The Balaban J connectivity index is 1.08. The largest absolute Gasteiger partial charge is 0.436 e. The maximum atomic E-state index is 6.05. The summed E-state index contributed by atoms with van der Waals surface area (Å²) < 4.78 is 8.47. The van der Waals surface area contributed by atoms with Gasteiger partial charge in [0.1, 0.15) is 5.52 Å². The second-order valence-electron chi connectivity index (χ2n) is 13.1. The molecule has 0 bridgehead atoms. The molecule has 0 saturated carbocycles. The van der Waals surface area contributed by atoms with Gasteiger partial charge in [0.05, 0.1) is 16.7 Å². The average Bonchev–Trinajstić information content (AvgIpc) is 3.81. The first-order valence-corrected chi connectivity index (χ1v) is 17.6. The number of para-hydroxylation sites is 4. The first-order chi connectivity index (χ1) is 25.8. The molecule has 3 heteroatoms. The Bertz CT molecular complexity index is 2860. The van der Waals surface area contributed by atoms with Gasteiger partial charge >= 0.3 is 0 Å². The molecular weight excluding hydrogens is 633 g/mol. The lowest BCUT2D eigenvalue weighted by atomic mass is 9.89. The van der Waals surface area contributed by atoms with E-state index in [1.165, 1.54) is 66.4 Å². The van der Waals surface area contributed by atoms with E-state index in [4.69, 9.17) is 9.40 Å². The summed E-state index contributed by atoms with van der Waals surface area (Å²) in [6.07, 6.45) is 0. The number of hydrogen-bond acceptors (Lipinski definition) is 2. The van der Waals surface area contributed by atoms with Crippen LogP contribution in [0.2, 0.25) is 0 Å². The van der Waals surface area contributed by atoms with Gasteiger partial charge in [0, 0.05) is 21.9 Å². The van der Waals surface area contributed by atoms with E-state index in [9.17, 15) is 0 Å². The average molecular weight is 665 g/mol. The summed E-state index contributed by atoms with van der Waals surface area (Å²) in [5, 5.41) is 2.47. The van der Waals surface area contributed by atoms with Gasteiger partial charge in [0.2, 0.25) is 5.89 Å². The minimum atomic E-state index is 0.631. The molecule has 0 atom stereocenters. The van der Waals surface area contributed by atoms with Crippen molar-refractivity contribution in [2.45, 2.75) is 0 Å². The Labute approximate surface area is 301 Å². The summed E-state index contributed by atoms with van der Waals surface area (Å²) in [6.45, 7) is 0. The Hall–Kier alpha value is -6.97. The molecule has 0 unspecified atom stereocenters. The second-order valence-corrected chi connectivity index (χ2v) is 13.1. The standard InChI is InChI=1S/C49H32N2O/c1-2-14-33(15-3-1)39-18-8-11-23-45(39)51-46-24-12-9-21-42(46)43-32-36(30-31-47(43)51)38-17-5-7-20-41(38)40-19-6-4-16-37(40)34-26-28-35(29-27-34)49-50-44-22-10-13-25-48(44)52-49/h1-32H. The van der Waals surface area contributed by atoms with Gasteiger partial charge in [-0.1, -0.05) is 146 Å². The zero-order valence-corrected chi connectivity index (χ0v) is 28.3. The van der Waals surface area contributed by atoms with Crippen molar-refractivity contribution in [2.24, 2.45) is 0 Å². The molecule has 0 radical (unpaired) electrons. The van der Waals surface area contributed by atoms with Gasteiger partial charge in [0.25, 0.3) is 0 Å². The van der Waals surface area contributed by atoms with Gasteiger partial charge in [-0.05, 0) is 87.5 Å². The van der Waals surface area contributed by atoms with Gasteiger partial charge in [-0.3, -0.25) is 0 Å². The molecule has 10 rings (SSSR count). The van der Waals surface area contributed by atoms with Crippen LogP contribution in [0.1, 0.15) is 0 Å². The van der Waals surface area contributed by atoms with Crippen molar-refractivity contribution in [3.63, 3.8) is 0 Å². The summed E-state index contributed by atoms with van der Waals surface area (Å²) in [5.41, 5.74) is 15.6. The third kappa shape index (κ3) is 5.02. The van der Waals surface area contributed by atoms with E-state index in [0.717, 1.165) is 22.2 Å². The van der Waals surface area contributed by atoms with Crippen LogP contribution in [-0.4, -0.2) is 9.55 Å². The van der Waals surface area contributed by atoms with Gasteiger partial charge in [-0.15, -0.1) is 0 Å². The van der Waals surface area contributed by atoms with Crippen molar-refractivity contribution in [3.05, 3.63) is 194 Å². The number of nitrogens with zero attached hydrogens (tertiary/aromatic N) is 2. The molecule has 3 nitrogen and oxygen atoms in total. The number of hydrogen-bond donors (Lipinski definition) is 0. The maximum Gasteiger partial charge on any atom is 0.227 e. The number of oxazole rings is 1. The summed E-state index contributed by atoms with van der Waals surface area (Å²) in [5.74, 6) is 0.631. The molecule has 0 aliphatic rings. The quantitative estimate of drug-likeness (QED) is 0.177. The monoisotopic (exact) mass is 664 g/mol. The van der Waals surface area contributed by atoms with Gasteiger partial charge < -0.3 is 8.98 Å². The Morgan fingerprint density at radius 2 is 0.904 bits per heavy atom. The molecule has 10 aromatic rings. The lowest BCUT2D eigenvalue weighted by Crippen LogP contribution is -1.97. The molecule has 0 fully saturated rings. The minimum absolute atomic E-state index is 0.631. The highest BCUT2D eigenvalue weighted by Crippen LogP contribution is 2.42. The van der Waals surface area contributed by atoms with Crippen LogP contribution in [0, 0.1) is 0 Å². The Kier molecular flexibility index (Phi) is 7.14. The topological polar surface area (TPSA) is 31.0 Å². The SMILES string of the molecule is c1ccc(-c2ccccc2-n2c3ccccc3c3cc(-c4ccccc4-c4ccccc4-c4ccc(-c5nc6ccccc6o5)cc4)ccc32)cc1. The van der Waals surface area contributed by atoms with E-state index in [0.29, 0.717) is 5.89 Å². The molecule has 2 aromatic heterocycles. The van der Waals surface area contributed by atoms with Crippen molar-refractivity contribution in [1.82, 2.24) is 9.55 Å². The summed E-state index contributed by atoms with van der Waals surface area (Å²) in [6, 6.07) is 68.9. The van der Waals surface area contributed by atoms with Gasteiger partial charge in [-0.2, -0.15) is 0 Å². The summed E-state index contributed by atoms with van der Waals surface area (Å²) in [7, 11) is 0. The zero-order valence-electron chi connectivity index (χ0n) is 28.3. The van der Waals surface area contributed by atoms with E-state index < -0.39 is 0 Å². The first kappa shape index (κ1) is 29.9. The Morgan fingerprint density at radius 3 is 1.67 bits per heavy atom. The number of benzene rings is 8. The lowest BCUT2D eigenvalue weighted by molar-refractivity contribution is 0.620. The summed E-state index contributed by atoms with van der Waals surface area (Å²) in [4.78, 5) is 4.70. The van der Waals surface area contributed by atoms with Crippen LogP contribution >= 0.6 is 0 Å². The summed E-state index contributed by atoms with van der Waals surface area (Å²) >= 11 is 0. The minimum Gasteiger partial charge on any atom is -0.436 e. The van der Waals surface area contributed by atoms with E-state index >= 15 is 0 Å². The molecule has 0 N–H and O–H groups in total. The number of fused-ring (bicyclic) bond motifs is 4. The van der Waals surface area contributed by atoms with Crippen molar-refractivity contribution >= 4 is 32.9 Å². The molecular formula is C49H32N2O. The highest BCUT2D eigenvalue weighted by atomic mass is 16.3. The third-order valence-electron chi connectivity index (χ3n) is 10.1. The van der Waals surface area contributed by atoms with Crippen LogP contribution in [0.4, 0.5) is 0 Å². The highest BCUT2D eigenvalue weighted by Gasteiger charge is 2.18. The van der Waals surface area contributed by atoms with E-state index in [2.05, 4.69) is 174 Å². The molecule has 52 heavy (non-hydrogen) atoms. The maximum absolute atomic E-state index is 6.05. The Morgan fingerprint density at radius 1 is 0.365 bits per heavy atom. The molecule has 0 spiro atoms. The van der Waals surface area contributed by atoms with E-state index in [1.807, 2.05) is 24.3 Å². The fraction of sp³-hybridized carbons (Fsp3) is 0.